The maximum absolute atomic E-state index is 12.0. The van der Waals surface area contributed by atoms with Crippen LogP contribution in [-0.4, -0.2) is 47.4 Å². The molecule has 2 amide bonds. The number of hydrogen-bond donors (Lipinski definition) is 2. The molecule has 0 radical (unpaired) electrons. The van der Waals surface area contributed by atoms with Gasteiger partial charge in [-0.2, -0.15) is 0 Å². The molecule has 0 aliphatic carbocycles. The van der Waals surface area contributed by atoms with E-state index in [4.69, 9.17) is 4.74 Å². The molecule has 2 atom stereocenters. The fourth-order valence-electron chi connectivity index (χ4n) is 3.20. The molecule has 7 heteroatoms. The molecule has 0 spiro atoms. The number of amides is 2. The minimum absolute atomic E-state index is 0.183. The molecule has 1 aliphatic rings. The van der Waals surface area contributed by atoms with Gasteiger partial charge in [0.25, 0.3) is 0 Å². The Hall–Kier alpha value is -2.54. The van der Waals surface area contributed by atoms with Gasteiger partial charge in [-0.15, -0.1) is 0 Å². The van der Waals surface area contributed by atoms with Crippen molar-refractivity contribution >= 4 is 17.4 Å². The summed E-state index contributed by atoms with van der Waals surface area (Å²) < 4.78 is 7.76. The molecule has 2 unspecified atom stereocenters. The highest BCUT2D eigenvalue weighted by molar-refractivity contribution is 5.89. The lowest BCUT2D eigenvalue weighted by Gasteiger charge is -2.36. The average Bonchev–Trinajstić information content (AvgIpc) is 3.12. The molecule has 1 saturated heterocycles. The topological polar surface area (TPSA) is 71.4 Å². The molecule has 1 aliphatic heterocycles. The Morgan fingerprint density at radius 2 is 1.96 bits per heavy atom. The van der Waals surface area contributed by atoms with Gasteiger partial charge in [-0.3, -0.25) is 0 Å². The van der Waals surface area contributed by atoms with Gasteiger partial charge in [0.15, 0.2) is 0 Å². The summed E-state index contributed by atoms with van der Waals surface area (Å²) >= 11 is 0. The van der Waals surface area contributed by atoms with Crippen LogP contribution in [0, 0.1) is 0 Å². The van der Waals surface area contributed by atoms with Crippen LogP contribution in [0.15, 0.2) is 43.0 Å². The summed E-state index contributed by atoms with van der Waals surface area (Å²) in [5.41, 5.74) is 1.94. The van der Waals surface area contributed by atoms with E-state index in [1.807, 2.05) is 35.0 Å². The smallest absolute Gasteiger partial charge is 0.319 e. The van der Waals surface area contributed by atoms with E-state index in [1.165, 1.54) is 0 Å². The highest BCUT2D eigenvalue weighted by Crippen LogP contribution is 2.22. The number of morpholine rings is 1. The van der Waals surface area contributed by atoms with Crippen LogP contribution in [0.1, 0.15) is 20.3 Å². The number of aromatic nitrogens is 2. The number of carbonyl (C=O) groups excluding carboxylic acids is 1. The minimum atomic E-state index is -0.183. The molecule has 0 bridgehead atoms. The van der Waals surface area contributed by atoms with Gasteiger partial charge in [0.05, 0.1) is 18.5 Å². The second-order valence-electron chi connectivity index (χ2n) is 6.74. The zero-order chi connectivity index (χ0) is 18.4. The molecule has 2 N–H and O–H groups in total. The fraction of sp³-hybridized carbons (Fsp3) is 0.474. The highest BCUT2D eigenvalue weighted by Gasteiger charge is 2.22. The van der Waals surface area contributed by atoms with Crippen molar-refractivity contribution in [2.24, 2.45) is 0 Å². The fourth-order valence-corrected chi connectivity index (χ4v) is 3.20. The van der Waals surface area contributed by atoms with Gasteiger partial charge < -0.3 is 24.8 Å². The van der Waals surface area contributed by atoms with Gasteiger partial charge in [0, 0.05) is 49.9 Å². The van der Waals surface area contributed by atoms with Crippen molar-refractivity contribution in [3.05, 3.63) is 43.0 Å². The van der Waals surface area contributed by atoms with Crippen molar-refractivity contribution < 1.29 is 9.53 Å². The summed E-state index contributed by atoms with van der Waals surface area (Å²) in [6.45, 7) is 7.41. The van der Waals surface area contributed by atoms with Gasteiger partial charge in [-0.05, 0) is 44.5 Å². The van der Waals surface area contributed by atoms with E-state index in [1.54, 1.807) is 12.5 Å². The summed E-state index contributed by atoms with van der Waals surface area (Å²) in [5.74, 6) is 0. The second-order valence-corrected chi connectivity index (χ2v) is 6.74. The quantitative estimate of drug-likeness (QED) is 0.780. The van der Waals surface area contributed by atoms with Gasteiger partial charge in [0.2, 0.25) is 0 Å². The van der Waals surface area contributed by atoms with Crippen LogP contribution in [-0.2, 0) is 11.3 Å². The van der Waals surface area contributed by atoms with Crippen LogP contribution in [0.5, 0.6) is 0 Å². The Morgan fingerprint density at radius 1 is 1.23 bits per heavy atom. The number of benzene rings is 1. The zero-order valence-corrected chi connectivity index (χ0v) is 15.4. The molecular formula is C19H27N5O2. The summed E-state index contributed by atoms with van der Waals surface area (Å²) in [4.78, 5) is 18.3. The summed E-state index contributed by atoms with van der Waals surface area (Å²) in [5, 5.41) is 5.74. The lowest BCUT2D eigenvalue weighted by atomic mass is 10.2. The van der Waals surface area contributed by atoms with Crippen LogP contribution in [0.25, 0.3) is 0 Å². The van der Waals surface area contributed by atoms with Gasteiger partial charge in [-0.25, -0.2) is 9.78 Å². The number of hydrogen-bond acceptors (Lipinski definition) is 4. The molecule has 0 saturated carbocycles. The predicted octanol–water partition coefficient (Wildman–Crippen LogP) is 2.71. The number of nitrogens with one attached hydrogen (secondary N) is 2. The third-order valence-electron chi connectivity index (χ3n) is 4.35. The number of urea groups is 1. The standard InChI is InChI=1S/C19H27N5O2/c1-15-12-24(13-16(2)26-15)18-6-4-17(5-7-18)22-19(25)21-8-3-10-23-11-9-20-14-23/h4-7,9,11,14-16H,3,8,10,12-13H2,1-2H3,(H2,21,22,25). The van der Waals surface area contributed by atoms with Crippen molar-refractivity contribution in [2.45, 2.75) is 39.0 Å². The molecule has 26 heavy (non-hydrogen) atoms. The van der Waals surface area contributed by atoms with E-state index >= 15 is 0 Å². The Morgan fingerprint density at radius 3 is 2.62 bits per heavy atom. The Kier molecular flexibility index (Phi) is 6.12. The van der Waals surface area contributed by atoms with Crippen molar-refractivity contribution in [3.8, 4) is 0 Å². The third-order valence-corrected chi connectivity index (χ3v) is 4.35. The summed E-state index contributed by atoms with van der Waals surface area (Å²) in [7, 11) is 0. The predicted molar refractivity (Wildman–Crippen MR) is 103 cm³/mol. The lowest BCUT2D eigenvalue weighted by molar-refractivity contribution is -0.00521. The van der Waals surface area contributed by atoms with Crippen molar-refractivity contribution in [2.75, 3.05) is 29.9 Å². The molecule has 2 heterocycles. The van der Waals surface area contributed by atoms with E-state index in [2.05, 4.69) is 34.4 Å². The van der Waals surface area contributed by atoms with Crippen LogP contribution < -0.4 is 15.5 Å². The van der Waals surface area contributed by atoms with E-state index in [9.17, 15) is 4.79 Å². The lowest BCUT2D eigenvalue weighted by Crippen LogP contribution is -2.45. The maximum atomic E-state index is 12.0. The monoisotopic (exact) mass is 357 g/mol. The van der Waals surface area contributed by atoms with Crippen LogP contribution in [0.4, 0.5) is 16.2 Å². The Labute approximate surface area is 154 Å². The number of carbonyl (C=O) groups is 1. The van der Waals surface area contributed by atoms with E-state index < -0.39 is 0 Å². The van der Waals surface area contributed by atoms with Crippen LogP contribution in [0.3, 0.4) is 0 Å². The first-order valence-electron chi connectivity index (χ1n) is 9.11. The van der Waals surface area contributed by atoms with Gasteiger partial charge in [-0.1, -0.05) is 0 Å². The molecule has 1 aromatic carbocycles. The summed E-state index contributed by atoms with van der Waals surface area (Å²) in [6, 6.07) is 7.77. The molecule has 3 rings (SSSR count). The normalized spacial score (nSPS) is 20.0. The first-order valence-corrected chi connectivity index (χ1v) is 9.11. The van der Waals surface area contributed by atoms with E-state index in [-0.39, 0.29) is 18.2 Å². The van der Waals surface area contributed by atoms with Crippen molar-refractivity contribution in [1.82, 2.24) is 14.9 Å². The molecule has 7 nitrogen and oxygen atoms in total. The highest BCUT2D eigenvalue weighted by atomic mass is 16.5. The zero-order valence-electron chi connectivity index (χ0n) is 15.4. The van der Waals surface area contributed by atoms with Crippen LogP contribution in [0.2, 0.25) is 0 Å². The molecule has 2 aromatic rings. The molecular weight excluding hydrogens is 330 g/mol. The largest absolute Gasteiger partial charge is 0.372 e. The third kappa shape index (κ3) is 5.23. The van der Waals surface area contributed by atoms with Crippen molar-refractivity contribution in [1.29, 1.82) is 0 Å². The number of anilines is 2. The molecule has 1 aromatic heterocycles. The SMILES string of the molecule is CC1CN(c2ccc(NC(=O)NCCCn3ccnc3)cc2)CC(C)O1. The average molecular weight is 357 g/mol. The van der Waals surface area contributed by atoms with Crippen molar-refractivity contribution in [3.63, 3.8) is 0 Å². The first-order chi connectivity index (χ1) is 12.6. The molecule has 1 fully saturated rings. The number of nitrogens with zero attached hydrogens (tertiary/aromatic N) is 3. The Balaban J connectivity index is 1.42. The van der Waals surface area contributed by atoms with Crippen LogP contribution >= 0.6 is 0 Å². The number of rotatable bonds is 6. The van der Waals surface area contributed by atoms with E-state index in [0.717, 1.165) is 37.4 Å². The number of imidazole rings is 1. The molecule has 140 valence electrons. The first kappa shape index (κ1) is 18.3. The number of ether oxygens (including phenoxy) is 1. The number of aryl methyl sites for hydroxylation is 1. The second kappa shape index (κ2) is 8.71. The minimum Gasteiger partial charge on any atom is -0.372 e. The van der Waals surface area contributed by atoms with Gasteiger partial charge >= 0.3 is 6.03 Å². The van der Waals surface area contributed by atoms with Gasteiger partial charge in [0.1, 0.15) is 0 Å². The summed E-state index contributed by atoms with van der Waals surface area (Å²) in [6.07, 6.45) is 6.75. The van der Waals surface area contributed by atoms with E-state index in [0.29, 0.717) is 6.54 Å². The maximum Gasteiger partial charge on any atom is 0.319 e. The Bertz CT molecular complexity index is 676.